The number of carbonyl (C=O) groups is 1. The van der Waals surface area contributed by atoms with Crippen molar-refractivity contribution in [2.45, 2.75) is 25.4 Å². The predicted molar refractivity (Wildman–Crippen MR) is 40.3 cm³/mol. The maximum absolute atomic E-state index is 10.0. The van der Waals surface area contributed by atoms with Crippen molar-refractivity contribution in [1.82, 2.24) is 0 Å². The number of hydrogen-bond acceptors (Lipinski definition) is 3. The number of hydrogen-bond donors (Lipinski definition) is 3. The summed E-state index contributed by atoms with van der Waals surface area (Å²) in [5, 5.41) is 25.7. The molecule has 0 saturated carbocycles. The molecule has 0 fully saturated rings. The summed E-state index contributed by atoms with van der Waals surface area (Å²) in [5.41, 5.74) is -1.28. The van der Waals surface area contributed by atoms with Crippen LogP contribution in [0.2, 0.25) is 0 Å². The third kappa shape index (κ3) is 8.29. The normalized spacial score (nSPS) is 14.8. The summed E-state index contributed by atoms with van der Waals surface area (Å²) in [5.74, 6) is -1.06. The second-order valence-electron chi connectivity index (χ2n) is 2.54. The molecule has 0 aliphatic heterocycles. The van der Waals surface area contributed by atoms with E-state index in [9.17, 15) is 4.79 Å². The summed E-state index contributed by atoms with van der Waals surface area (Å²) in [4.78, 5) is 10.0. The quantitative estimate of drug-likeness (QED) is 0.484. The molecule has 1 radical (unpaired) electrons. The van der Waals surface area contributed by atoms with Crippen LogP contribution in [0, 0.1) is 0 Å². The molecule has 0 rings (SSSR count). The maximum atomic E-state index is 10.0. The van der Waals surface area contributed by atoms with Crippen LogP contribution in [-0.2, 0) is 4.79 Å². The molecule has 0 aliphatic rings. The zero-order chi connectivity index (χ0) is 8.20. The fourth-order valence-electron chi connectivity index (χ4n) is 0.655. The Morgan fingerprint density at radius 2 is 2.00 bits per heavy atom. The zero-order valence-electron chi connectivity index (χ0n) is 6.87. The first-order chi connectivity index (χ1) is 4.48. The minimum absolute atomic E-state index is 0. The van der Waals surface area contributed by atoms with E-state index in [1.807, 2.05) is 0 Å². The molecule has 0 aliphatic carbocycles. The van der Waals surface area contributed by atoms with Crippen LogP contribution in [0.1, 0.15) is 19.8 Å². The molecule has 5 heteroatoms. The molecule has 0 spiro atoms. The molecule has 0 aromatic carbocycles. The minimum atomic E-state index is -1.28. The van der Waals surface area contributed by atoms with Gasteiger partial charge in [0.25, 0.3) is 0 Å². The van der Waals surface area contributed by atoms with E-state index in [1.54, 1.807) is 0 Å². The Balaban J connectivity index is 0. The van der Waals surface area contributed by atoms with Gasteiger partial charge in [0.1, 0.15) is 0 Å². The van der Waals surface area contributed by atoms with Crippen LogP contribution in [0.25, 0.3) is 0 Å². The van der Waals surface area contributed by atoms with Crippen LogP contribution in [-0.4, -0.2) is 63.1 Å². The van der Waals surface area contributed by atoms with Crippen molar-refractivity contribution in [2.24, 2.45) is 0 Å². The van der Waals surface area contributed by atoms with E-state index in [0.29, 0.717) is 0 Å². The second-order valence-corrected chi connectivity index (χ2v) is 2.54. The van der Waals surface area contributed by atoms with Crippen LogP contribution in [0.3, 0.4) is 0 Å². The van der Waals surface area contributed by atoms with E-state index < -0.39 is 11.6 Å². The Morgan fingerprint density at radius 3 is 2.27 bits per heavy atom. The molecule has 1 atom stereocenters. The summed E-state index contributed by atoms with van der Waals surface area (Å²) in [7, 11) is 0. The van der Waals surface area contributed by atoms with Crippen LogP contribution in [0.5, 0.6) is 0 Å². The van der Waals surface area contributed by atoms with E-state index >= 15 is 0 Å². The molecular weight excluding hydrogens is 159 g/mol. The smallest absolute Gasteiger partial charge is 0.306 e. The Kier molecular flexibility index (Phi) is 7.57. The summed E-state index contributed by atoms with van der Waals surface area (Å²) < 4.78 is 0. The van der Waals surface area contributed by atoms with Gasteiger partial charge in [-0.2, -0.15) is 0 Å². The maximum Gasteiger partial charge on any atom is 0.306 e. The molecule has 11 heavy (non-hydrogen) atoms. The Morgan fingerprint density at radius 1 is 1.55 bits per heavy atom. The first-order valence-electron chi connectivity index (χ1n) is 3.03. The largest absolute Gasteiger partial charge is 0.481 e. The molecule has 0 aromatic heterocycles. The van der Waals surface area contributed by atoms with E-state index in [-0.39, 0.29) is 49.0 Å². The first kappa shape index (κ1) is 13.9. The number of aliphatic carboxylic acids is 1. The van der Waals surface area contributed by atoms with Crippen molar-refractivity contribution >= 4 is 35.5 Å². The third-order valence-corrected chi connectivity index (χ3v) is 1.18. The van der Waals surface area contributed by atoms with Crippen molar-refractivity contribution in [3.05, 3.63) is 0 Å². The summed E-state index contributed by atoms with van der Waals surface area (Å²) in [6, 6.07) is 0. The van der Waals surface area contributed by atoms with Crippen LogP contribution in [0.4, 0.5) is 0 Å². The number of carboxylic acids is 1. The number of carboxylic acid groups (broad SMARTS) is 1. The monoisotopic (exact) mass is 171 g/mol. The Bertz CT molecular complexity index is 124. The molecule has 4 nitrogen and oxygen atoms in total. The average Bonchev–Trinajstić information content (AvgIpc) is 1.59. The fraction of sp³-hybridized carbons (Fsp3) is 0.833. The van der Waals surface area contributed by atoms with Crippen LogP contribution < -0.4 is 0 Å². The summed E-state index contributed by atoms with van der Waals surface area (Å²) in [6.07, 6.45) is -0.229. The van der Waals surface area contributed by atoms with Gasteiger partial charge >= 0.3 is 5.97 Å². The standard InChI is InChI=1S/C6H12O4.Na/c1-6(10,2-3-7)4-5(8)9;/h7,10H,2-4H2,1H3,(H,8,9);/t6-;/m1./s1. The number of rotatable bonds is 4. The van der Waals surface area contributed by atoms with Crippen LogP contribution >= 0.6 is 0 Å². The number of aliphatic hydroxyl groups excluding tert-OH is 1. The van der Waals surface area contributed by atoms with Gasteiger partial charge in [0, 0.05) is 36.2 Å². The molecule has 0 bridgehead atoms. The molecule has 0 unspecified atom stereocenters. The van der Waals surface area contributed by atoms with Gasteiger partial charge in [0.2, 0.25) is 0 Å². The van der Waals surface area contributed by atoms with Gasteiger partial charge in [-0.25, -0.2) is 0 Å². The SMILES string of the molecule is C[C@@](O)(CCO)CC(=O)O.[Na]. The van der Waals surface area contributed by atoms with E-state index in [1.165, 1.54) is 6.92 Å². The molecule has 0 amide bonds. The molecule has 0 aromatic rings. The van der Waals surface area contributed by atoms with Gasteiger partial charge in [-0.05, 0) is 13.3 Å². The van der Waals surface area contributed by atoms with Gasteiger partial charge < -0.3 is 15.3 Å². The molecule has 3 N–H and O–H groups in total. The van der Waals surface area contributed by atoms with Crippen molar-refractivity contribution in [1.29, 1.82) is 0 Å². The second kappa shape index (κ2) is 5.97. The van der Waals surface area contributed by atoms with Gasteiger partial charge in [0.05, 0.1) is 12.0 Å². The minimum Gasteiger partial charge on any atom is -0.481 e. The Hall–Kier alpha value is 0.390. The number of aliphatic hydroxyl groups is 2. The average molecular weight is 171 g/mol. The van der Waals surface area contributed by atoms with Gasteiger partial charge in [-0.15, -0.1) is 0 Å². The predicted octanol–water partition coefficient (Wildman–Crippen LogP) is -0.786. The van der Waals surface area contributed by atoms with Crippen molar-refractivity contribution in [3.8, 4) is 0 Å². The first-order valence-corrected chi connectivity index (χ1v) is 3.03. The summed E-state index contributed by atoms with van der Waals surface area (Å²) >= 11 is 0. The van der Waals surface area contributed by atoms with Gasteiger partial charge in [0.15, 0.2) is 0 Å². The van der Waals surface area contributed by atoms with Crippen molar-refractivity contribution < 1.29 is 20.1 Å². The van der Waals surface area contributed by atoms with E-state index in [4.69, 9.17) is 15.3 Å². The molecular formula is C6H12NaO4. The third-order valence-electron chi connectivity index (χ3n) is 1.18. The van der Waals surface area contributed by atoms with Crippen molar-refractivity contribution in [2.75, 3.05) is 6.61 Å². The topological polar surface area (TPSA) is 77.8 Å². The fourth-order valence-corrected chi connectivity index (χ4v) is 0.655. The van der Waals surface area contributed by atoms with Gasteiger partial charge in [-0.3, -0.25) is 4.79 Å². The Labute approximate surface area is 87.5 Å². The molecule has 61 valence electrons. The van der Waals surface area contributed by atoms with E-state index in [0.717, 1.165) is 0 Å². The zero-order valence-corrected chi connectivity index (χ0v) is 8.87. The molecule has 0 saturated heterocycles. The van der Waals surface area contributed by atoms with E-state index in [2.05, 4.69) is 0 Å². The van der Waals surface area contributed by atoms with Crippen molar-refractivity contribution in [3.63, 3.8) is 0 Å². The summed E-state index contributed by atoms with van der Waals surface area (Å²) in [6.45, 7) is 1.19. The van der Waals surface area contributed by atoms with Gasteiger partial charge in [-0.1, -0.05) is 0 Å². The van der Waals surface area contributed by atoms with Crippen LogP contribution in [0.15, 0.2) is 0 Å². The molecule has 0 heterocycles.